The molecule has 116 valence electrons. The maximum Gasteiger partial charge on any atom is 0.192 e. The topological polar surface area (TPSA) is 75.6 Å². The van der Waals surface area contributed by atoms with Gasteiger partial charge >= 0.3 is 0 Å². The highest BCUT2D eigenvalue weighted by molar-refractivity contribution is 8.00. The molecule has 1 saturated carbocycles. The van der Waals surface area contributed by atoms with Gasteiger partial charge in [0.2, 0.25) is 0 Å². The molecule has 2 heterocycles. The molecule has 2 aromatic rings. The SMILES string of the molecule is Cc1sc2nc(SC(C#N)C3CCCCC3)nc(N)c2c1C. The van der Waals surface area contributed by atoms with Crippen LogP contribution in [0.5, 0.6) is 0 Å². The standard InChI is InChI=1S/C16H20N4S2/c1-9-10(2)21-15-13(9)14(18)19-16(20-15)22-12(8-17)11-6-4-3-5-7-11/h11-12H,3-7H2,1-2H3,(H2,18,19,20). The summed E-state index contributed by atoms with van der Waals surface area (Å²) in [4.78, 5) is 11.2. The summed E-state index contributed by atoms with van der Waals surface area (Å²) in [7, 11) is 0. The van der Waals surface area contributed by atoms with E-state index in [1.807, 2.05) is 0 Å². The number of thioether (sulfide) groups is 1. The van der Waals surface area contributed by atoms with E-state index in [0.29, 0.717) is 16.9 Å². The number of nitrogens with zero attached hydrogens (tertiary/aromatic N) is 3. The Bertz CT molecular complexity index is 726. The Kier molecular flexibility index (Phi) is 4.55. The van der Waals surface area contributed by atoms with Gasteiger partial charge in [0.15, 0.2) is 5.16 Å². The van der Waals surface area contributed by atoms with E-state index in [-0.39, 0.29) is 5.25 Å². The van der Waals surface area contributed by atoms with Crippen molar-refractivity contribution >= 4 is 39.1 Å². The van der Waals surface area contributed by atoms with E-state index >= 15 is 0 Å². The number of rotatable bonds is 3. The molecule has 22 heavy (non-hydrogen) atoms. The van der Waals surface area contributed by atoms with E-state index < -0.39 is 0 Å². The van der Waals surface area contributed by atoms with Gasteiger partial charge in [-0.3, -0.25) is 0 Å². The summed E-state index contributed by atoms with van der Waals surface area (Å²) in [6.45, 7) is 4.13. The lowest BCUT2D eigenvalue weighted by atomic mass is 9.87. The van der Waals surface area contributed by atoms with Gasteiger partial charge in [-0.25, -0.2) is 9.97 Å². The normalized spacial score (nSPS) is 17.5. The molecule has 6 heteroatoms. The molecule has 0 aliphatic heterocycles. The van der Waals surface area contributed by atoms with Crippen LogP contribution in [0.1, 0.15) is 42.5 Å². The fourth-order valence-corrected chi connectivity index (χ4v) is 5.23. The average molecular weight is 332 g/mol. The van der Waals surface area contributed by atoms with Crippen LogP contribution >= 0.6 is 23.1 Å². The van der Waals surface area contributed by atoms with Crippen molar-refractivity contribution in [2.45, 2.75) is 56.4 Å². The number of fused-ring (bicyclic) bond motifs is 1. The van der Waals surface area contributed by atoms with Crippen LogP contribution in [-0.4, -0.2) is 15.2 Å². The zero-order valence-electron chi connectivity index (χ0n) is 12.9. The van der Waals surface area contributed by atoms with Crippen LogP contribution in [0.2, 0.25) is 0 Å². The molecule has 2 N–H and O–H groups in total. The summed E-state index contributed by atoms with van der Waals surface area (Å²) >= 11 is 3.13. The molecule has 0 bridgehead atoms. The van der Waals surface area contributed by atoms with Gasteiger partial charge in [0.05, 0.1) is 11.5 Å². The number of hydrogen-bond donors (Lipinski definition) is 1. The summed E-state index contributed by atoms with van der Waals surface area (Å²) in [5.74, 6) is 0.991. The van der Waals surface area contributed by atoms with Gasteiger partial charge in [-0.15, -0.1) is 11.3 Å². The smallest absolute Gasteiger partial charge is 0.192 e. The minimum Gasteiger partial charge on any atom is -0.383 e. The van der Waals surface area contributed by atoms with Crippen LogP contribution < -0.4 is 5.73 Å². The second-order valence-electron chi connectivity index (χ2n) is 5.92. The van der Waals surface area contributed by atoms with Gasteiger partial charge in [-0.05, 0) is 38.2 Å². The fourth-order valence-electron chi connectivity index (χ4n) is 3.09. The highest BCUT2D eigenvalue weighted by atomic mass is 32.2. The van der Waals surface area contributed by atoms with Gasteiger partial charge in [-0.2, -0.15) is 5.26 Å². The summed E-state index contributed by atoms with van der Waals surface area (Å²) in [6.07, 6.45) is 6.03. The van der Waals surface area contributed by atoms with Crippen LogP contribution in [0, 0.1) is 31.1 Å². The van der Waals surface area contributed by atoms with E-state index in [0.717, 1.165) is 28.6 Å². The molecular formula is C16H20N4S2. The first-order chi connectivity index (χ1) is 10.6. The molecule has 1 aliphatic carbocycles. The Morgan fingerprint density at radius 1 is 1.27 bits per heavy atom. The van der Waals surface area contributed by atoms with E-state index in [1.54, 1.807) is 11.3 Å². The number of aromatic nitrogens is 2. The quantitative estimate of drug-likeness (QED) is 0.663. The van der Waals surface area contributed by atoms with Crippen LogP contribution in [0.25, 0.3) is 10.2 Å². The Balaban J connectivity index is 1.88. The first-order valence-electron chi connectivity index (χ1n) is 7.69. The van der Waals surface area contributed by atoms with E-state index in [2.05, 4.69) is 29.9 Å². The zero-order chi connectivity index (χ0) is 15.7. The molecule has 0 amide bonds. The third-order valence-electron chi connectivity index (χ3n) is 4.47. The molecule has 1 atom stereocenters. The van der Waals surface area contributed by atoms with Crippen molar-refractivity contribution in [3.63, 3.8) is 0 Å². The van der Waals surface area contributed by atoms with Crippen LogP contribution in [-0.2, 0) is 0 Å². The van der Waals surface area contributed by atoms with Crippen LogP contribution in [0.3, 0.4) is 0 Å². The molecule has 1 unspecified atom stereocenters. The van der Waals surface area contributed by atoms with Crippen molar-refractivity contribution < 1.29 is 0 Å². The van der Waals surface area contributed by atoms with Crippen LogP contribution in [0.15, 0.2) is 5.16 Å². The number of aryl methyl sites for hydroxylation is 2. The number of thiophene rings is 1. The Hall–Kier alpha value is -1.32. The second kappa shape index (κ2) is 6.43. The van der Waals surface area contributed by atoms with E-state index in [9.17, 15) is 5.26 Å². The van der Waals surface area contributed by atoms with E-state index in [4.69, 9.17) is 5.73 Å². The highest BCUT2D eigenvalue weighted by Crippen LogP contribution is 2.37. The first-order valence-corrected chi connectivity index (χ1v) is 9.39. The van der Waals surface area contributed by atoms with Crippen molar-refractivity contribution in [3.8, 4) is 6.07 Å². The van der Waals surface area contributed by atoms with Gasteiger partial charge in [0, 0.05) is 4.88 Å². The minimum absolute atomic E-state index is 0.0701. The molecular weight excluding hydrogens is 312 g/mol. The Labute approximate surface area is 139 Å². The third kappa shape index (κ3) is 2.92. The van der Waals surface area contributed by atoms with Crippen molar-refractivity contribution in [3.05, 3.63) is 10.4 Å². The minimum atomic E-state index is -0.0701. The lowest BCUT2D eigenvalue weighted by molar-refractivity contribution is 0.370. The third-order valence-corrected chi connectivity index (χ3v) is 6.71. The first kappa shape index (κ1) is 15.6. The summed E-state index contributed by atoms with van der Waals surface area (Å²) < 4.78 is 0. The molecule has 1 fully saturated rings. The maximum atomic E-state index is 9.52. The largest absolute Gasteiger partial charge is 0.383 e. The highest BCUT2D eigenvalue weighted by Gasteiger charge is 2.26. The number of nitrogen functional groups attached to an aromatic ring is 1. The molecule has 0 saturated heterocycles. The molecule has 0 spiro atoms. The monoisotopic (exact) mass is 332 g/mol. The Morgan fingerprint density at radius 3 is 2.68 bits per heavy atom. The van der Waals surface area contributed by atoms with Gasteiger partial charge < -0.3 is 5.73 Å². The van der Waals surface area contributed by atoms with E-state index in [1.165, 1.54) is 35.9 Å². The summed E-state index contributed by atoms with van der Waals surface area (Å²) in [6, 6.07) is 2.45. The Morgan fingerprint density at radius 2 is 2.00 bits per heavy atom. The average Bonchev–Trinajstić information content (AvgIpc) is 2.81. The van der Waals surface area contributed by atoms with Crippen LogP contribution in [0.4, 0.5) is 5.82 Å². The van der Waals surface area contributed by atoms with Crippen molar-refractivity contribution in [1.29, 1.82) is 5.26 Å². The van der Waals surface area contributed by atoms with Gasteiger partial charge in [0.25, 0.3) is 0 Å². The van der Waals surface area contributed by atoms with Crippen molar-refractivity contribution in [1.82, 2.24) is 9.97 Å². The predicted molar refractivity (Wildman–Crippen MR) is 93.1 cm³/mol. The van der Waals surface area contributed by atoms with Crippen molar-refractivity contribution in [2.75, 3.05) is 5.73 Å². The lowest BCUT2D eigenvalue weighted by Gasteiger charge is -2.24. The predicted octanol–water partition coefficient (Wildman–Crippen LogP) is 4.45. The van der Waals surface area contributed by atoms with Gasteiger partial charge in [-0.1, -0.05) is 31.0 Å². The second-order valence-corrected chi connectivity index (χ2v) is 8.23. The molecule has 0 aromatic carbocycles. The number of hydrogen-bond acceptors (Lipinski definition) is 6. The molecule has 0 radical (unpaired) electrons. The zero-order valence-corrected chi connectivity index (χ0v) is 14.6. The summed E-state index contributed by atoms with van der Waals surface area (Å²) in [5.41, 5.74) is 7.29. The summed E-state index contributed by atoms with van der Waals surface area (Å²) in [5, 5.41) is 11.1. The number of nitrogens with two attached hydrogens (primary N) is 1. The van der Waals surface area contributed by atoms with Crippen molar-refractivity contribution in [2.24, 2.45) is 5.92 Å². The fraction of sp³-hybridized carbons (Fsp3) is 0.562. The van der Waals surface area contributed by atoms with Gasteiger partial charge in [0.1, 0.15) is 15.9 Å². The number of nitriles is 1. The molecule has 1 aliphatic rings. The molecule has 4 nitrogen and oxygen atoms in total. The molecule has 3 rings (SSSR count). The maximum absolute atomic E-state index is 9.52. The number of anilines is 1. The molecule has 2 aromatic heterocycles. The lowest BCUT2D eigenvalue weighted by Crippen LogP contribution is -2.19.